The zero-order chi connectivity index (χ0) is 16.0. The fourth-order valence-electron chi connectivity index (χ4n) is 2.82. The molecule has 0 aliphatic carbocycles. The number of ketones is 1. The highest BCUT2D eigenvalue weighted by molar-refractivity contribution is 7.18. The van der Waals surface area contributed by atoms with Crippen molar-refractivity contribution in [2.75, 3.05) is 11.1 Å². The number of amides is 1. The van der Waals surface area contributed by atoms with Crippen molar-refractivity contribution in [2.24, 2.45) is 5.73 Å². The minimum Gasteiger partial charge on any atom is -0.468 e. The van der Waals surface area contributed by atoms with Crippen molar-refractivity contribution in [1.82, 2.24) is 0 Å². The van der Waals surface area contributed by atoms with E-state index in [9.17, 15) is 9.59 Å². The van der Waals surface area contributed by atoms with Crippen LogP contribution in [-0.4, -0.2) is 11.7 Å². The molecule has 3 rings (SSSR count). The second-order valence-corrected chi connectivity index (χ2v) is 6.14. The zero-order valence-electron chi connectivity index (χ0n) is 12.1. The normalized spacial score (nSPS) is 17.1. The van der Waals surface area contributed by atoms with Crippen LogP contribution >= 0.6 is 11.3 Å². The van der Waals surface area contributed by atoms with E-state index in [2.05, 4.69) is 5.32 Å². The maximum Gasteiger partial charge on any atom is 0.260 e. The lowest BCUT2D eigenvalue weighted by Crippen LogP contribution is -2.21. The number of furan rings is 1. The molecule has 5 N–H and O–H groups in total. The van der Waals surface area contributed by atoms with Gasteiger partial charge in [0.25, 0.3) is 5.91 Å². The molecule has 2 aromatic rings. The molecule has 0 spiro atoms. The number of allylic oxidation sites excluding steroid dienone is 2. The Hall–Kier alpha value is -2.54. The summed E-state index contributed by atoms with van der Waals surface area (Å²) in [4.78, 5) is 23.9. The SMILES string of the molecule is CC(=O)C1=C(C)Nc2sc(C(N)=O)c(N)c2[C@H]1c1ccco1. The van der Waals surface area contributed by atoms with Gasteiger partial charge in [-0.2, -0.15) is 0 Å². The number of rotatable bonds is 3. The Kier molecular flexibility index (Phi) is 3.29. The first-order valence-electron chi connectivity index (χ1n) is 6.66. The molecule has 0 unspecified atom stereocenters. The van der Waals surface area contributed by atoms with Crippen molar-refractivity contribution in [3.05, 3.63) is 45.9 Å². The number of nitrogen functional groups attached to an aromatic ring is 1. The maximum absolute atomic E-state index is 12.1. The highest BCUT2D eigenvalue weighted by atomic mass is 32.1. The van der Waals surface area contributed by atoms with Gasteiger partial charge in [-0.1, -0.05) is 0 Å². The van der Waals surface area contributed by atoms with Gasteiger partial charge in [0.15, 0.2) is 5.78 Å². The molecule has 3 heterocycles. The van der Waals surface area contributed by atoms with E-state index in [1.807, 2.05) is 6.92 Å². The quantitative estimate of drug-likeness (QED) is 0.805. The van der Waals surface area contributed by atoms with Crippen LogP contribution in [-0.2, 0) is 4.79 Å². The summed E-state index contributed by atoms with van der Waals surface area (Å²) < 4.78 is 5.50. The van der Waals surface area contributed by atoms with Crippen LogP contribution in [0.3, 0.4) is 0 Å². The molecule has 1 atom stereocenters. The van der Waals surface area contributed by atoms with Crippen LogP contribution in [0.5, 0.6) is 0 Å². The Morgan fingerprint density at radius 3 is 2.68 bits per heavy atom. The fraction of sp³-hybridized carbons (Fsp3) is 0.200. The topological polar surface area (TPSA) is 111 Å². The first kappa shape index (κ1) is 14.4. The van der Waals surface area contributed by atoms with Gasteiger partial charge in [-0.3, -0.25) is 9.59 Å². The number of primary amides is 1. The summed E-state index contributed by atoms with van der Waals surface area (Å²) >= 11 is 1.19. The van der Waals surface area contributed by atoms with Crippen LogP contribution in [0, 0.1) is 0 Å². The molecule has 6 nitrogen and oxygen atoms in total. The van der Waals surface area contributed by atoms with Crippen molar-refractivity contribution in [3.8, 4) is 0 Å². The molecule has 0 radical (unpaired) electrons. The monoisotopic (exact) mass is 317 g/mol. The summed E-state index contributed by atoms with van der Waals surface area (Å²) in [5.41, 5.74) is 13.8. The molecule has 0 aromatic carbocycles. The first-order chi connectivity index (χ1) is 10.4. The Labute approximate surface area is 130 Å². The zero-order valence-corrected chi connectivity index (χ0v) is 12.9. The van der Waals surface area contributed by atoms with Crippen molar-refractivity contribution in [2.45, 2.75) is 19.8 Å². The number of hydrogen-bond donors (Lipinski definition) is 3. The van der Waals surface area contributed by atoms with Gasteiger partial charge in [0.2, 0.25) is 0 Å². The van der Waals surface area contributed by atoms with Gasteiger partial charge >= 0.3 is 0 Å². The average Bonchev–Trinajstić information content (AvgIpc) is 3.05. The van der Waals surface area contributed by atoms with E-state index in [1.165, 1.54) is 18.3 Å². The predicted octanol–water partition coefficient (Wildman–Crippen LogP) is 2.44. The van der Waals surface area contributed by atoms with Crippen molar-refractivity contribution < 1.29 is 14.0 Å². The molecule has 1 aliphatic rings. The Morgan fingerprint density at radius 2 is 2.14 bits per heavy atom. The molecule has 2 aromatic heterocycles. The molecule has 7 heteroatoms. The standard InChI is InChI=1S/C15H15N3O3S/c1-6-9(7(2)19)10(8-4-3-5-21-8)11-12(16)13(14(17)20)22-15(11)18-6/h3-5,10,18H,16H2,1-2H3,(H2,17,20)/t10-/m0/s1. The molecule has 1 amide bonds. The van der Waals surface area contributed by atoms with Gasteiger partial charge in [-0.15, -0.1) is 11.3 Å². The van der Waals surface area contributed by atoms with Crippen LogP contribution in [0.1, 0.15) is 40.8 Å². The van der Waals surface area contributed by atoms with Gasteiger partial charge in [-0.25, -0.2) is 0 Å². The fourth-order valence-corrected chi connectivity index (χ4v) is 3.89. The third-order valence-corrected chi connectivity index (χ3v) is 4.85. The third-order valence-electron chi connectivity index (χ3n) is 3.70. The van der Waals surface area contributed by atoms with E-state index in [-0.39, 0.29) is 10.7 Å². The Balaban J connectivity index is 2.28. The van der Waals surface area contributed by atoms with Crippen molar-refractivity contribution >= 4 is 33.7 Å². The number of carbonyl (C=O) groups excluding carboxylic acids is 2. The lowest BCUT2D eigenvalue weighted by Gasteiger charge is -2.26. The molecular weight excluding hydrogens is 302 g/mol. The number of carbonyl (C=O) groups is 2. The van der Waals surface area contributed by atoms with E-state index in [0.717, 1.165) is 10.7 Å². The lowest BCUT2D eigenvalue weighted by atomic mass is 9.83. The number of thiophene rings is 1. The number of fused-ring (bicyclic) bond motifs is 1. The number of nitrogens with two attached hydrogens (primary N) is 2. The smallest absolute Gasteiger partial charge is 0.260 e. The summed E-state index contributed by atoms with van der Waals surface area (Å²) in [6.45, 7) is 3.31. The maximum atomic E-state index is 12.1. The summed E-state index contributed by atoms with van der Waals surface area (Å²) in [6, 6.07) is 3.54. The van der Waals surface area contributed by atoms with Crippen LogP contribution in [0.25, 0.3) is 0 Å². The lowest BCUT2D eigenvalue weighted by molar-refractivity contribution is -0.113. The highest BCUT2D eigenvalue weighted by Crippen LogP contribution is 2.49. The number of Topliss-reactive ketones (excluding diaryl/α,β-unsaturated/α-hetero) is 1. The van der Waals surface area contributed by atoms with Crippen molar-refractivity contribution in [1.29, 1.82) is 0 Å². The van der Waals surface area contributed by atoms with Gasteiger partial charge in [-0.05, 0) is 26.0 Å². The summed E-state index contributed by atoms with van der Waals surface area (Å²) in [5.74, 6) is -0.497. The highest BCUT2D eigenvalue weighted by Gasteiger charge is 2.37. The van der Waals surface area contributed by atoms with E-state index in [0.29, 0.717) is 22.6 Å². The first-order valence-corrected chi connectivity index (χ1v) is 7.47. The van der Waals surface area contributed by atoms with Crippen LogP contribution in [0.15, 0.2) is 34.1 Å². The summed E-state index contributed by atoms with van der Waals surface area (Å²) in [5, 5.41) is 3.86. The van der Waals surface area contributed by atoms with E-state index >= 15 is 0 Å². The van der Waals surface area contributed by atoms with Gasteiger partial charge in [0, 0.05) is 16.8 Å². The molecular formula is C15H15N3O3S. The van der Waals surface area contributed by atoms with Gasteiger partial charge in [0.1, 0.15) is 10.6 Å². The average molecular weight is 317 g/mol. The van der Waals surface area contributed by atoms with Crippen molar-refractivity contribution in [3.63, 3.8) is 0 Å². The molecule has 114 valence electrons. The van der Waals surface area contributed by atoms with Crippen LogP contribution in [0.2, 0.25) is 0 Å². The minimum absolute atomic E-state index is 0.0803. The van der Waals surface area contributed by atoms with E-state index in [4.69, 9.17) is 15.9 Å². The van der Waals surface area contributed by atoms with Crippen LogP contribution < -0.4 is 16.8 Å². The molecule has 0 saturated carbocycles. The number of nitrogens with one attached hydrogen (secondary N) is 1. The third kappa shape index (κ3) is 2.01. The molecule has 22 heavy (non-hydrogen) atoms. The molecule has 1 aliphatic heterocycles. The minimum atomic E-state index is -0.584. The van der Waals surface area contributed by atoms with Gasteiger partial charge in [0.05, 0.1) is 22.9 Å². The second-order valence-electron chi connectivity index (χ2n) is 5.12. The summed E-state index contributed by atoms with van der Waals surface area (Å²) in [6.07, 6.45) is 1.54. The number of hydrogen-bond acceptors (Lipinski definition) is 6. The number of anilines is 2. The Bertz CT molecular complexity index is 802. The van der Waals surface area contributed by atoms with Gasteiger partial charge < -0.3 is 21.2 Å². The second kappa shape index (κ2) is 5.03. The van der Waals surface area contributed by atoms with Crippen LogP contribution in [0.4, 0.5) is 10.7 Å². The molecule has 0 fully saturated rings. The van der Waals surface area contributed by atoms with E-state index in [1.54, 1.807) is 18.4 Å². The summed E-state index contributed by atoms with van der Waals surface area (Å²) in [7, 11) is 0. The molecule has 0 bridgehead atoms. The largest absolute Gasteiger partial charge is 0.468 e. The molecule has 0 saturated heterocycles. The predicted molar refractivity (Wildman–Crippen MR) is 84.8 cm³/mol. The van der Waals surface area contributed by atoms with E-state index < -0.39 is 11.8 Å². The Morgan fingerprint density at radius 1 is 1.41 bits per heavy atom.